The summed E-state index contributed by atoms with van der Waals surface area (Å²) in [5.41, 5.74) is 20.6. The smallest absolute Gasteiger partial charge is 0.252 e. The third-order valence-corrected chi connectivity index (χ3v) is 10.7. The molecular formula is C47H47BN2. The first-order valence-corrected chi connectivity index (χ1v) is 18.1. The second-order valence-electron chi connectivity index (χ2n) is 16.6. The van der Waals surface area contributed by atoms with Gasteiger partial charge in [0.05, 0.1) is 5.69 Å². The summed E-state index contributed by atoms with van der Waals surface area (Å²) in [7, 11) is 0. The molecule has 0 atom stereocenters. The van der Waals surface area contributed by atoms with Crippen LogP contribution in [0.15, 0.2) is 121 Å². The van der Waals surface area contributed by atoms with Gasteiger partial charge in [-0.15, -0.1) is 0 Å². The number of hydrogen-bond donors (Lipinski definition) is 0. The molecule has 0 aliphatic carbocycles. The molecule has 0 saturated carbocycles. The van der Waals surface area contributed by atoms with Crippen molar-refractivity contribution in [2.75, 3.05) is 9.80 Å². The van der Waals surface area contributed by atoms with Crippen molar-refractivity contribution < 1.29 is 0 Å². The highest BCUT2D eigenvalue weighted by molar-refractivity contribution is 7.00. The molecule has 0 saturated heterocycles. The average molecular weight is 651 g/mol. The van der Waals surface area contributed by atoms with Crippen LogP contribution in [-0.4, -0.2) is 6.71 Å². The normalized spacial score (nSPS) is 13.6. The van der Waals surface area contributed by atoms with Gasteiger partial charge in [0, 0.05) is 34.0 Å². The van der Waals surface area contributed by atoms with E-state index in [0.29, 0.717) is 0 Å². The van der Waals surface area contributed by atoms with Crippen LogP contribution in [-0.2, 0) is 10.8 Å². The number of aryl methyl sites for hydroxylation is 3. The van der Waals surface area contributed by atoms with E-state index in [-0.39, 0.29) is 17.5 Å². The topological polar surface area (TPSA) is 6.48 Å². The van der Waals surface area contributed by atoms with E-state index < -0.39 is 0 Å². The minimum absolute atomic E-state index is 0.0250. The monoisotopic (exact) mass is 650 g/mol. The number of anilines is 6. The largest absolute Gasteiger partial charge is 0.311 e. The second-order valence-corrected chi connectivity index (χ2v) is 16.6. The van der Waals surface area contributed by atoms with E-state index in [1.165, 1.54) is 89.5 Å². The minimum Gasteiger partial charge on any atom is -0.311 e. The fourth-order valence-electron chi connectivity index (χ4n) is 8.08. The molecule has 0 aromatic heterocycles. The Balaban J connectivity index is 1.45. The quantitative estimate of drug-likeness (QED) is 0.176. The van der Waals surface area contributed by atoms with Gasteiger partial charge in [0.2, 0.25) is 0 Å². The van der Waals surface area contributed by atoms with Crippen molar-refractivity contribution in [2.45, 2.75) is 73.1 Å². The second kappa shape index (κ2) is 11.5. The highest BCUT2D eigenvalue weighted by Gasteiger charge is 2.44. The van der Waals surface area contributed by atoms with E-state index in [4.69, 9.17) is 0 Å². The third-order valence-electron chi connectivity index (χ3n) is 10.7. The summed E-state index contributed by atoms with van der Waals surface area (Å²) in [6.07, 6.45) is 0. The predicted octanol–water partition coefficient (Wildman–Crippen LogP) is 11.0. The molecule has 248 valence electrons. The van der Waals surface area contributed by atoms with E-state index in [1.807, 2.05) is 0 Å². The molecule has 2 nitrogen and oxygen atoms in total. The van der Waals surface area contributed by atoms with Gasteiger partial charge in [-0.25, -0.2) is 0 Å². The number of fused-ring (bicyclic) bond motifs is 4. The highest BCUT2D eigenvalue weighted by atomic mass is 15.2. The summed E-state index contributed by atoms with van der Waals surface area (Å²) in [5.74, 6) is 0. The lowest BCUT2D eigenvalue weighted by Crippen LogP contribution is -2.61. The van der Waals surface area contributed by atoms with Gasteiger partial charge in [0.1, 0.15) is 0 Å². The number of benzene rings is 6. The third kappa shape index (κ3) is 5.26. The maximum absolute atomic E-state index is 2.56. The molecule has 0 bridgehead atoms. The van der Waals surface area contributed by atoms with Crippen LogP contribution >= 0.6 is 0 Å². The van der Waals surface area contributed by atoms with E-state index >= 15 is 0 Å². The van der Waals surface area contributed by atoms with Crippen LogP contribution < -0.4 is 26.2 Å². The Morgan fingerprint density at radius 1 is 0.440 bits per heavy atom. The van der Waals surface area contributed by atoms with Crippen LogP contribution in [0.5, 0.6) is 0 Å². The van der Waals surface area contributed by atoms with Gasteiger partial charge < -0.3 is 9.80 Å². The highest BCUT2D eigenvalue weighted by Crippen LogP contribution is 2.47. The summed E-state index contributed by atoms with van der Waals surface area (Å²) < 4.78 is 0. The molecule has 2 heterocycles. The van der Waals surface area contributed by atoms with Crippen molar-refractivity contribution in [2.24, 2.45) is 0 Å². The molecule has 2 aliphatic rings. The zero-order valence-electron chi connectivity index (χ0n) is 31.0. The van der Waals surface area contributed by atoms with Gasteiger partial charge in [-0.3, -0.25) is 0 Å². The van der Waals surface area contributed by atoms with Gasteiger partial charge in [-0.1, -0.05) is 125 Å². The van der Waals surface area contributed by atoms with Gasteiger partial charge in [0.15, 0.2) is 0 Å². The number of nitrogens with zero attached hydrogens (tertiary/aromatic N) is 2. The maximum Gasteiger partial charge on any atom is 0.252 e. The van der Waals surface area contributed by atoms with Crippen LogP contribution in [0, 0.1) is 20.8 Å². The molecule has 0 radical (unpaired) electrons. The molecule has 0 N–H and O–H groups in total. The van der Waals surface area contributed by atoms with Crippen molar-refractivity contribution in [1.29, 1.82) is 0 Å². The summed E-state index contributed by atoms with van der Waals surface area (Å²) in [6.45, 7) is 20.6. The van der Waals surface area contributed by atoms with Crippen LogP contribution in [0.2, 0.25) is 0 Å². The predicted molar refractivity (Wildman–Crippen MR) is 218 cm³/mol. The minimum atomic E-state index is 0.0250. The Hall–Kier alpha value is -5.02. The first-order valence-electron chi connectivity index (χ1n) is 18.1. The van der Waals surface area contributed by atoms with E-state index in [2.05, 4.69) is 193 Å². The number of rotatable bonds is 3. The SMILES string of the molecule is Cc1ccc2c(c1)B1c3cc(C)ccc3N(c3ccc(C(C)(C)C)cc3-c3ccccc3)c3cc(C)cc(c31)N2c1ccc(C(C)(C)C)cc1. The molecule has 0 amide bonds. The van der Waals surface area contributed by atoms with E-state index in [0.717, 1.165) is 0 Å². The van der Waals surface area contributed by atoms with Crippen LogP contribution in [0.4, 0.5) is 34.1 Å². The van der Waals surface area contributed by atoms with E-state index in [9.17, 15) is 0 Å². The number of hydrogen-bond acceptors (Lipinski definition) is 2. The van der Waals surface area contributed by atoms with Crippen molar-refractivity contribution in [3.8, 4) is 11.1 Å². The molecule has 2 aliphatic heterocycles. The van der Waals surface area contributed by atoms with Gasteiger partial charge in [0.25, 0.3) is 6.71 Å². The molecule has 6 aromatic carbocycles. The summed E-state index contributed by atoms with van der Waals surface area (Å²) in [6, 6.07) is 46.3. The average Bonchev–Trinajstić information content (AvgIpc) is 3.07. The van der Waals surface area contributed by atoms with Crippen LogP contribution in [0.1, 0.15) is 69.4 Å². The Labute approximate surface area is 299 Å². The van der Waals surface area contributed by atoms with Gasteiger partial charge in [-0.2, -0.15) is 0 Å². The van der Waals surface area contributed by atoms with Gasteiger partial charge in [-0.05, 0) is 119 Å². The Bertz CT molecular complexity index is 2270. The molecule has 0 unspecified atom stereocenters. The zero-order chi connectivity index (χ0) is 35.1. The van der Waals surface area contributed by atoms with Crippen molar-refractivity contribution in [3.63, 3.8) is 0 Å². The first kappa shape index (κ1) is 32.2. The van der Waals surface area contributed by atoms with Crippen molar-refractivity contribution >= 4 is 57.2 Å². The van der Waals surface area contributed by atoms with Crippen molar-refractivity contribution in [1.82, 2.24) is 0 Å². The Morgan fingerprint density at radius 3 is 1.54 bits per heavy atom. The molecule has 6 aromatic rings. The molecule has 8 rings (SSSR count). The summed E-state index contributed by atoms with van der Waals surface area (Å²) >= 11 is 0. The molecule has 50 heavy (non-hydrogen) atoms. The Morgan fingerprint density at radius 2 is 0.960 bits per heavy atom. The molecule has 0 fully saturated rings. The van der Waals surface area contributed by atoms with Crippen molar-refractivity contribution in [3.05, 3.63) is 149 Å². The van der Waals surface area contributed by atoms with Gasteiger partial charge >= 0.3 is 0 Å². The maximum atomic E-state index is 2.56. The Kier molecular flexibility index (Phi) is 7.42. The lowest BCUT2D eigenvalue weighted by Gasteiger charge is -2.45. The fourth-order valence-corrected chi connectivity index (χ4v) is 8.08. The summed E-state index contributed by atoms with van der Waals surface area (Å²) in [5, 5.41) is 0. The van der Waals surface area contributed by atoms with Crippen LogP contribution in [0.3, 0.4) is 0 Å². The molecule has 0 spiro atoms. The fraction of sp³-hybridized carbons (Fsp3) is 0.234. The standard InChI is InChI=1S/C47H47BN2/c1-30-15-22-41-38(25-30)48-39-26-31(2)16-23-42(39)50(40-24-19-35(47(7,8)9)29-37(40)33-13-11-10-12-14-33)44-28-32(3)27-43(45(44)48)49(41)36-20-17-34(18-21-36)46(4,5)6/h10-29H,1-9H3. The zero-order valence-corrected chi connectivity index (χ0v) is 31.0. The van der Waals surface area contributed by atoms with E-state index in [1.54, 1.807) is 0 Å². The lowest BCUT2D eigenvalue weighted by molar-refractivity contribution is 0.590. The first-order chi connectivity index (χ1) is 23.8. The molecule has 3 heteroatoms. The van der Waals surface area contributed by atoms with Crippen LogP contribution in [0.25, 0.3) is 11.1 Å². The lowest BCUT2D eigenvalue weighted by atomic mass is 9.33. The molecular weight excluding hydrogens is 603 g/mol. The summed E-state index contributed by atoms with van der Waals surface area (Å²) in [4.78, 5) is 5.08.